The largest absolute Gasteiger partial charge is 0.347 e. The third-order valence-electron chi connectivity index (χ3n) is 2.99. The Bertz CT molecular complexity index is 853. The Labute approximate surface area is 130 Å². The molecule has 3 heterocycles. The van der Waals surface area contributed by atoms with Crippen LogP contribution in [0.4, 0.5) is 0 Å². The Kier molecular flexibility index (Phi) is 3.74. The fraction of sp³-hybridized carbons (Fsp3) is 0.273. The zero-order chi connectivity index (χ0) is 15.0. The summed E-state index contributed by atoms with van der Waals surface area (Å²) in [6, 6.07) is -0.453. The Morgan fingerprint density at radius 2 is 2.38 bits per heavy atom. The number of H-pyrrole nitrogens is 1. The van der Waals surface area contributed by atoms with Gasteiger partial charge in [0.2, 0.25) is 0 Å². The van der Waals surface area contributed by atoms with Crippen LogP contribution >= 0.6 is 22.9 Å². The lowest BCUT2D eigenvalue weighted by Gasteiger charge is -2.14. The second kappa shape index (κ2) is 5.41. The highest BCUT2D eigenvalue weighted by Gasteiger charge is 2.28. The zero-order valence-corrected chi connectivity index (χ0v) is 13.3. The minimum absolute atomic E-state index is 0.0383. The molecular formula is C11H12ClN5O2S2. The molecule has 0 fully saturated rings. The maximum atomic E-state index is 12.6. The number of aromatic amines is 1. The number of aromatic nitrogens is 4. The van der Waals surface area contributed by atoms with Gasteiger partial charge in [0.15, 0.2) is 15.1 Å². The van der Waals surface area contributed by atoms with Crippen molar-refractivity contribution < 1.29 is 8.42 Å². The fourth-order valence-corrected chi connectivity index (χ4v) is 4.76. The number of sulfonamides is 1. The number of thiazole rings is 1. The van der Waals surface area contributed by atoms with Gasteiger partial charge in [0.05, 0.1) is 6.04 Å². The van der Waals surface area contributed by atoms with Crippen molar-refractivity contribution in [2.75, 3.05) is 0 Å². The van der Waals surface area contributed by atoms with Crippen LogP contribution in [0.25, 0.3) is 4.96 Å². The maximum Gasteiger partial charge on any atom is 0.260 e. The first-order valence-electron chi connectivity index (χ1n) is 6.15. The van der Waals surface area contributed by atoms with Crippen LogP contribution in [0, 0.1) is 0 Å². The molecule has 0 aliphatic heterocycles. The Hall–Kier alpha value is -1.42. The van der Waals surface area contributed by atoms with Crippen molar-refractivity contribution >= 4 is 37.9 Å². The van der Waals surface area contributed by atoms with E-state index in [1.54, 1.807) is 24.0 Å². The topological polar surface area (TPSA) is 92.2 Å². The van der Waals surface area contributed by atoms with E-state index in [1.165, 1.54) is 15.7 Å². The van der Waals surface area contributed by atoms with E-state index in [-0.39, 0.29) is 10.2 Å². The summed E-state index contributed by atoms with van der Waals surface area (Å²) in [7, 11) is -3.82. The van der Waals surface area contributed by atoms with Gasteiger partial charge in [-0.05, 0) is 6.42 Å². The Balaban J connectivity index is 2.00. The summed E-state index contributed by atoms with van der Waals surface area (Å²) in [5.41, 5.74) is 0. The van der Waals surface area contributed by atoms with E-state index < -0.39 is 16.1 Å². The molecule has 1 atom stereocenters. The highest BCUT2D eigenvalue weighted by atomic mass is 35.5. The zero-order valence-electron chi connectivity index (χ0n) is 10.9. The van der Waals surface area contributed by atoms with Crippen molar-refractivity contribution in [3.05, 3.63) is 34.9 Å². The normalized spacial score (nSPS) is 13.8. The maximum absolute atomic E-state index is 12.6. The van der Waals surface area contributed by atoms with Gasteiger partial charge >= 0.3 is 0 Å². The highest BCUT2D eigenvalue weighted by Crippen LogP contribution is 2.26. The average Bonchev–Trinajstić information content (AvgIpc) is 3.11. The summed E-state index contributed by atoms with van der Waals surface area (Å²) in [4.78, 5) is 11.6. The van der Waals surface area contributed by atoms with Gasteiger partial charge in [0.1, 0.15) is 5.82 Å². The first-order chi connectivity index (χ1) is 10.0. The quantitative estimate of drug-likeness (QED) is 0.741. The summed E-state index contributed by atoms with van der Waals surface area (Å²) in [5, 5.41) is 1.66. The lowest BCUT2D eigenvalue weighted by molar-refractivity contribution is 0.536. The summed E-state index contributed by atoms with van der Waals surface area (Å²) >= 11 is 7.29. The van der Waals surface area contributed by atoms with Crippen LogP contribution in [0.3, 0.4) is 0 Å². The second-order valence-corrected chi connectivity index (χ2v) is 7.18. The molecule has 10 heteroatoms. The van der Waals surface area contributed by atoms with Crippen LogP contribution < -0.4 is 4.72 Å². The van der Waals surface area contributed by atoms with Gasteiger partial charge in [-0.15, -0.1) is 11.3 Å². The van der Waals surface area contributed by atoms with Gasteiger partial charge in [-0.3, -0.25) is 4.40 Å². The van der Waals surface area contributed by atoms with Crippen LogP contribution in [0.5, 0.6) is 0 Å². The number of fused-ring (bicyclic) bond motifs is 1. The van der Waals surface area contributed by atoms with E-state index in [4.69, 9.17) is 11.6 Å². The van der Waals surface area contributed by atoms with Crippen molar-refractivity contribution in [1.82, 2.24) is 24.1 Å². The monoisotopic (exact) mass is 345 g/mol. The smallest absolute Gasteiger partial charge is 0.260 e. The van der Waals surface area contributed by atoms with E-state index in [2.05, 4.69) is 19.7 Å². The van der Waals surface area contributed by atoms with Crippen molar-refractivity contribution in [3.8, 4) is 0 Å². The van der Waals surface area contributed by atoms with Crippen LogP contribution in [0.15, 0.2) is 29.0 Å². The predicted molar refractivity (Wildman–Crippen MR) is 80.0 cm³/mol. The van der Waals surface area contributed by atoms with Gasteiger partial charge in [-0.25, -0.2) is 18.4 Å². The van der Waals surface area contributed by atoms with Gasteiger partial charge in [-0.1, -0.05) is 18.5 Å². The van der Waals surface area contributed by atoms with Crippen molar-refractivity contribution in [2.45, 2.75) is 24.4 Å². The number of halogens is 1. The number of imidazole rings is 2. The molecule has 0 amide bonds. The second-order valence-electron chi connectivity index (χ2n) is 4.32. The molecule has 3 aromatic rings. The summed E-state index contributed by atoms with van der Waals surface area (Å²) in [5.74, 6) is 0.559. The molecule has 0 saturated heterocycles. The highest BCUT2D eigenvalue weighted by molar-refractivity contribution is 7.89. The van der Waals surface area contributed by atoms with Crippen LogP contribution in [0.2, 0.25) is 5.15 Å². The first-order valence-corrected chi connectivity index (χ1v) is 8.89. The molecule has 0 aliphatic carbocycles. The molecule has 0 radical (unpaired) electrons. The van der Waals surface area contributed by atoms with Crippen LogP contribution in [-0.2, 0) is 10.0 Å². The lowest BCUT2D eigenvalue weighted by atomic mass is 10.2. The molecule has 3 rings (SSSR count). The molecule has 2 N–H and O–H groups in total. The van der Waals surface area contributed by atoms with E-state index in [0.717, 1.165) is 0 Å². The van der Waals surface area contributed by atoms with Gasteiger partial charge in [0, 0.05) is 24.0 Å². The van der Waals surface area contributed by atoms with Crippen molar-refractivity contribution in [3.63, 3.8) is 0 Å². The van der Waals surface area contributed by atoms with Gasteiger partial charge < -0.3 is 4.98 Å². The molecule has 0 aromatic carbocycles. The molecule has 3 aromatic heterocycles. The molecular weight excluding hydrogens is 334 g/mol. The molecule has 7 nitrogen and oxygen atoms in total. The molecule has 112 valence electrons. The average molecular weight is 346 g/mol. The van der Waals surface area contributed by atoms with E-state index in [1.807, 2.05) is 6.92 Å². The third kappa shape index (κ3) is 2.57. The number of hydrogen-bond donors (Lipinski definition) is 2. The van der Waals surface area contributed by atoms with Crippen molar-refractivity contribution in [2.24, 2.45) is 0 Å². The van der Waals surface area contributed by atoms with Crippen molar-refractivity contribution in [1.29, 1.82) is 0 Å². The molecule has 0 aliphatic rings. The summed E-state index contributed by atoms with van der Waals surface area (Å²) < 4.78 is 29.3. The summed E-state index contributed by atoms with van der Waals surface area (Å²) in [6.45, 7) is 1.87. The molecule has 0 spiro atoms. The summed E-state index contributed by atoms with van der Waals surface area (Å²) in [6.07, 6.45) is 5.40. The molecule has 0 saturated carbocycles. The number of hydrogen-bond acceptors (Lipinski definition) is 5. The molecule has 21 heavy (non-hydrogen) atoms. The predicted octanol–water partition coefficient (Wildman–Crippen LogP) is 2.20. The molecule has 1 unspecified atom stereocenters. The Morgan fingerprint density at radius 1 is 1.57 bits per heavy atom. The van der Waals surface area contributed by atoms with E-state index in [9.17, 15) is 8.42 Å². The molecule has 0 bridgehead atoms. The standard InChI is InChI=1S/C11H12ClN5O2S2/c1-2-7(9-13-3-4-14-9)16-21(18,19)10-8(12)15-11-17(10)5-6-20-11/h3-7,16H,2H2,1H3,(H,13,14). The van der Waals surface area contributed by atoms with E-state index in [0.29, 0.717) is 17.2 Å². The lowest BCUT2D eigenvalue weighted by Crippen LogP contribution is -2.30. The Morgan fingerprint density at radius 3 is 3.05 bits per heavy atom. The minimum atomic E-state index is -3.82. The number of rotatable bonds is 5. The van der Waals surface area contributed by atoms with Gasteiger partial charge in [0.25, 0.3) is 10.0 Å². The van der Waals surface area contributed by atoms with Crippen LogP contribution in [-0.4, -0.2) is 27.8 Å². The number of nitrogens with zero attached hydrogens (tertiary/aromatic N) is 3. The van der Waals surface area contributed by atoms with E-state index >= 15 is 0 Å². The third-order valence-corrected chi connectivity index (χ3v) is 5.61. The SMILES string of the molecule is CCC(NS(=O)(=O)c1c(Cl)nc2sccn12)c1ncc[nH]1. The first kappa shape index (κ1) is 14.5. The van der Waals surface area contributed by atoms with Gasteiger partial charge in [-0.2, -0.15) is 4.72 Å². The fourth-order valence-electron chi connectivity index (χ4n) is 2.02. The number of nitrogens with one attached hydrogen (secondary N) is 2. The van der Waals surface area contributed by atoms with Crippen LogP contribution in [0.1, 0.15) is 25.2 Å². The minimum Gasteiger partial charge on any atom is -0.347 e.